The number of hydrogen-bond acceptors (Lipinski definition) is 2. The molecule has 0 bridgehead atoms. The predicted molar refractivity (Wildman–Crippen MR) is 45.2 cm³/mol. The highest BCUT2D eigenvalue weighted by atomic mass is 16.1. The molecular formula is C9H17NO. The fourth-order valence-electron chi connectivity index (χ4n) is 1.06. The van der Waals surface area contributed by atoms with Crippen LogP contribution in [-0.2, 0) is 4.79 Å². The standard InChI is InChI=1S/C9H17NO/c1-9(2,10)8(11)6-5-7-3-4-7/h7H,3-6,10H2,1-2H3. The van der Waals surface area contributed by atoms with Gasteiger partial charge in [-0.1, -0.05) is 12.8 Å². The molecular weight excluding hydrogens is 138 g/mol. The van der Waals surface area contributed by atoms with E-state index in [0.717, 1.165) is 12.3 Å². The zero-order chi connectivity index (χ0) is 8.48. The van der Waals surface area contributed by atoms with E-state index < -0.39 is 5.54 Å². The summed E-state index contributed by atoms with van der Waals surface area (Å²) in [5.41, 5.74) is 5.02. The third kappa shape index (κ3) is 3.02. The zero-order valence-electron chi connectivity index (χ0n) is 7.39. The first-order valence-corrected chi connectivity index (χ1v) is 4.32. The van der Waals surface area contributed by atoms with Gasteiger partial charge in [-0.3, -0.25) is 4.79 Å². The monoisotopic (exact) mass is 155 g/mol. The molecule has 0 atom stereocenters. The largest absolute Gasteiger partial charge is 0.319 e. The van der Waals surface area contributed by atoms with Crippen LogP contribution in [0.4, 0.5) is 0 Å². The van der Waals surface area contributed by atoms with E-state index in [2.05, 4.69) is 0 Å². The van der Waals surface area contributed by atoms with Crippen molar-refractivity contribution in [1.29, 1.82) is 0 Å². The van der Waals surface area contributed by atoms with Crippen LogP contribution in [0.2, 0.25) is 0 Å². The van der Waals surface area contributed by atoms with Gasteiger partial charge in [0.25, 0.3) is 0 Å². The van der Waals surface area contributed by atoms with Gasteiger partial charge in [0, 0.05) is 6.42 Å². The highest BCUT2D eigenvalue weighted by Crippen LogP contribution is 2.33. The third-order valence-corrected chi connectivity index (χ3v) is 2.20. The van der Waals surface area contributed by atoms with E-state index in [1.54, 1.807) is 13.8 Å². The van der Waals surface area contributed by atoms with Crippen LogP contribution in [0, 0.1) is 5.92 Å². The minimum atomic E-state index is -0.616. The van der Waals surface area contributed by atoms with E-state index in [1.165, 1.54) is 12.8 Å². The number of hydrogen-bond donors (Lipinski definition) is 1. The fraction of sp³-hybridized carbons (Fsp3) is 0.889. The molecule has 0 aliphatic heterocycles. The van der Waals surface area contributed by atoms with Gasteiger partial charge in [0.05, 0.1) is 5.54 Å². The maximum Gasteiger partial charge on any atom is 0.152 e. The zero-order valence-corrected chi connectivity index (χ0v) is 7.39. The molecule has 1 aliphatic rings. The average Bonchev–Trinajstić information content (AvgIpc) is 2.62. The number of ketones is 1. The summed E-state index contributed by atoms with van der Waals surface area (Å²) in [6.45, 7) is 3.56. The Hall–Kier alpha value is -0.370. The van der Waals surface area contributed by atoms with Gasteiger partial charge >= 0.3 is 0 Å². The van der Waals surface area contributed by atoms with Crippen molar-refractivity contribution >= 4 is 5.78 Å². The highest BCUT2D eigenvalue weighted by Gasteiger charge is 2.26. The maximum atomic E-state index is 11.3. The lowest BCUT2D eigenvalue weighted by molar-refractivity contribution is -0.123. The van der Waals surface area contributed by atoms with Crippen molar-refractivity contribution in [2.45, 2.75) is 45.1 Å². The maximum absolute atomic E-state index is 11.3. The molecule has 0 spiro atoms. The molecule has 0 saturated heterocycles. The van der Waals surface area contributed by atoms with E-state index >= 15 is 0 Å². The highest BCUT2D eigenvalue weighted by molar-refractivity contribution is 5.87. The molecule has 0 aromatic carbocycles. The molecule has 0 heterocycles. The molecule has 0 amide bonds. The summed E-state index contributed by atoms with van der Waals surface area (Å²) in [6, 6.07) is 0. The van der Waals surface area contributed by atoms with E-state index in [1.807, 2.05) is 0 Å². The Balaban J connectivity index is 2.19. The van der Waals surface area contributed by atoms with Crippen LogP contribution in [0.5, 0.6) is 0 Å². The summed E-state index contributed by atoms with van der Waals surface area (Å²) in [7, 11) is 0. The quantitative estimate of drug-likeness (QED) is 0.668. The summed E-state index contributed by atoms with van der Waals surface area (Å²) in [5.74, 6) is 1.03. The molecule has 0 aromatic rings. The molecule has 0 aromatic heterocycles. The summed E-state index contributed by atoms with van der Waals surface area (Å²) in [6.07, 6.45) is 4.37. The lowest BCUT2D eigenvalue weighted by Gasteiger charge is -2.16. The van der Waals surface area contributed by atoms with Gasteiger partial charge in [-0.05, 0) is 26.2 Å². The second-order valence-corrected chi connectivity index (χ2v) is 4.13. The van der Waals surface area contributed by atoms with E-state index in [-0.39, 0.29) is 5.78 Å². The number of Topliss-reactive ketones (excluding diaryl/α,β-unsaturated/α-hetero) is 1. The number of rotatable bonds is 4. The van der Waals surface area contributed by atoms with Gasteiger partial charge in [-0.15, -0.1) is 0 Å². The minimum absolute atomic E-state index is 0.199. The lowest BCUT2D eigenvalue weighted by atomic mass is 9.96. The molecule has 1 saturated carbocycles. The molecule has 1 fully saturated rings. The molecule has 1 aliphatic carbocycles. The van der Waals surface area contributed by atoms with Crippen LogP contribution in [0.15, 0.2) is 0 Å². The Kier molecular flexibility index (Phi) is 2.33. The second kappa shape index (κ2) is 2.94. The fourth-order valence-corrected chi connectivity index (χ4v) is 1.06. The van der Waals surface area contributed by atoms with Crippen molar-refractivity contribution in [3.05, 3.63) is 0 Å². The number of nitrogens with two attached hydrogens (primary N) is 1. The van der Waals surface area contributed by atoms with Gasteiger partial charge in [0.2, 0.25) is 0 Å². The lowest BCUT2D eigenvalue weighted by Crippen LogP contribution is -2.41. The first-order valence-electron chi connectivity index (χ1n) is 4.32. The van der Waals surface area contributed by atoms with Crippen LogP contribution in [0.3, 0.4) is 0 Å². The summed E-state index contributed by atoms with van der Waals surface area (Å²) < 4.78 is 0. The topological polar surface area (TPSA) is 43.1 Å². The van der Waals surface area contributed by atoms with Crippen molar-refractivity contribution < 1.29 is 4.79 Å². The van der Waals surface area contributed by atoms with Gasteiger partial charge in [0.1, 0.15) is 0 Å². The Bertz CT molecular complexity index is 153. The van der Waals surface area contributed by atoms with Crippen LogP contribution in [0.25, 0.3) is 0 Å². The van der Waals surface area contributed by atoms with Crippen molar-refractivity contribution in [3.8, 4) is 0 Å². The summed E-state index contributed by atoms with van der Waals surface area (Å²) in [5, 5.41) is 0. The SMILES string of the molecule is CC(C)(N)C(=O)CCC1CC1. The Morgan fingerprint density at radius 3 is 2.45 bits per heavy atom. The Labute approximate surface area is 68.2 Å². The first-order chi connectivity index (χ1) is 5.00. The number of carbonyl (C=O) groups is 1. The van der Waals surface area contributed by atoms with Crippen molar-refractivity contribution in [3.63, 3.8) is 0 Å². The molecule has 2 N–H and O–H groups in total. The van der Waals surface area contributed by atoms with Crippen molar-refractivity contribution in [2.24, 2.45) is 11.7 Å². The van der Waals surface area contributed by atoms with Crippen LogP contribution in [-0.4, -0.2) is 11.3 Å². The molecule has 64 valence electrons. The molecule has 2 heteroatoms. The van der Waals surface area contributed by atoms with Crippen LogP contribution >= 0.6 is 0 Å². The molecule has 11 heavy (non-hydrogen) atoms. The first kappa shape index (κ1) is 8.72. The second-order valence-electron chi connectivity index (χ2n) is 4.13. The van der Waals surface area contributed by atoms with Crippen LogP contribution in [0.1, 0.15) is 39.5 Å². The molecule has 0 radical (unpaired) electrons. The van der Waals surface area contributed by atoms with Crippen molar-refractivity contribution in [1.82, 2.24) is 0 Å². The van der Waals surface area contributed by atoms with Gasteiger partial charge in [-0.25, -0.2) is 0 Å². The van der Waals surface area contributed by atoms with Crippen molar-refractivity contribution in [2.75, 3.05) is 0 Å². The summed E-state index contributed by atoms with van der Waals surface area (Å²) >= 11 is 0. The summed E-state index contributed by atoms with van der Waals surface area (Å²) in [4.78, 5) is 11.3. The van der Waals surface area contributed by atoms with Gasteiger partial charge in [0.15, 0.2) is 5.78 Å². The van der Waals surface area contributed by atoms with Gasteiger partial charge < -0.3 is 5.73 Å². The third-order valence-electron chi connectivity index (χ3n) is 2.20. The molecule has 2 nitrogen and oxygen atoms in total. The van der Waals surface area contributed by atoms with Gasteiger partial charge in [-0.2, -0.15) is 0 Å². The van der Waals surface area contributed by atoms with Crippen LogP contribution < -0.4 is 5.73 Å². The molecule has 1 rings (SSSR count). The Morgan fingerprint density at radius 2 is 2.09 bits per heavy atom. The average molecular weight is 155 g/mol. The predicted octanol–water partition coefficient (Wildman–Crippen LogP) is 1.48. The normalized spacial score (nSPS) is 18.5. The minimum Gasteiger partial charge on any atom is -0.319 e. The van der Waals surface area contributed by atoms with E-state index in [4.69, 9.17) is 5.73 Å². The number of carbonyl (C=O) groups excluding carboxylic acids is 1. The van der Waals surface area contributed by atoms with E-state index in [9.17, 15) is 4.79 Å². The Morgan fingerprint density at radius 1 is 1.55 bits per heavy atom. The van der Waals surface area contributed by atoms with E-state index in [0.29, 0.717) is 6.42 Å². The molecule has 0 unspecified atom stereocenters. The smallest absolute Gasteiger partial charge is 0.152 e.